The third kappa shape index (κ3) is 62.9. The zero-order chi connectivity index (χ0) is 56.4. The number of allylic oxidation sites excluding steroid dienone is 18. The summed E-state index contributed by atoms with van der Waals surface area (Å²) in [6.07, 6.45) is 89.5. The topological polar surface area (TPSA) is 78.9 Å². The summed E-state index contributed by atoms with van der Waals surface area (Å²) in [7, 11) is 0. The maximum absolute atomic E-state index is 12.9. The van der Waals surface area contributed by atoms with Gasteiger partial charge in [-0.05, 0) is 109 Å². The Bertz CT molecular complexity index is 1570. The maximum Gasteiger partial charge on any atom is 0.306 e. The molecule has 0 amide bonds. The summed E-state index contributed by atoms with van der Waals surface area (Å²) in [5.41, 5.74) is 0. The second-order valence-electron chi connectivity index (χ2n) is 21.6. The quantitative estimate of drug-likeness (QED) is 0.0261. The van der Waals surface area contributed by atoms with Crippen LogP contribution in [0.2, 0.25) is 0 Å². The molecule has 446 valence electrons. The monoisotopic (exact) mass is 1080 g/mol. The molecule has 1 atom stereocenters. The average molecular weight is 1080 g/mol. The second-order valence-corrected chi connectivity index (χ2v) is 21.6. The largest absolute Gasteiger partial charge is 0.462 e. The second kappa shape index (κ2) is 65.6. The maximum atomic E-state index is 12.9. The smallest absolute Gasteiger partial charge is 0.306 e. The van der Waals surface area contributed by atoms with E-state index in [1.54, 1.807) is 0 Å². The van der Waals surface area contributed by atoms with Crippen LogP contribution < -0.4 is 0 Å². The Kier molecular flexibility index (Phi) is 62.3. The van der Waals surface area contributed by atoms with Gasteiger partial charge in [0.25, 0.3) is 0 Å². The highest BCUT2D eigenvalue weighted by Gasteiger charge is 2.19. The van der Waals surface area contributed by atoms with Crippen molar-refractivity contribution in [1.82, 2.24) is 0 Å². The van der Waals surface area contributed by atoms with Crippen LogP contribution in [0.15, 0.2) is 109 Å². The van der Waals surface area contributed by atoms with E-state index in [1.165, 1.54) is 135 Å². The Hall–Kier alpha value is -3.93. The molecule has 6 heteroatoms. The van der Waals surface area contributed by atoms with Crippen molar-refractivity contribution in [2.75, 3.05) is 13.2 Å². The third-order valence-electron chi connectivity index (χ3n) is 14.0. The van der Waals surface area contributed by atoms with Gasteiger partial charge < -0.3 is 14.2 Å². The molecule has 0 aliphatic heterocycles. The molecule has 6 nitrogen and oxygen atoms in total. The van der Waals surface area contributed by atoms with E-state index in [4.69, 9.17) is 14.2 Å². The highest BCUT2D eigenvalue weighted by molar-refractivity contribution is 5.71. The lowest BCUT2D eigenvalue weighted by Crippen LogP contribution is -2.30. The van der Waals surface area contributed by atoms with E-state index in [1.807, 2.05) is 0 Å². The van der Waals surface area contributed by atoms with Crippen LogP contribution in [-0.4, -0.2) is 37.2 Å². The van der Waals surface area contributed by atoms with Crippen molar-refractivity contribution in [3.63, 3.8) is 0 Å². The van der Waals surface area contributed by atoms with Gasteiger partial charge in [0.15, 0.2) is 6.10 Å². The zero-order valence-electron chi connectivity index (χ0n) is 51.2. The fourth-order valence-electron chi connectivity index (χ4n) is 9.10. The van der Waals surface area contributed by atoms with Crippen LogP contribution >= 0.6 is 0 Å². The van der Waals surface area contributed by atoms with Crippen molar-refractivity contribution in [3.8, 4) is 0 Å². The molecule has 0 saturated carbocycles. The number of hydrogen-bond acceptors (Lipinski definition) is 6. The Morgan fingerprint density at radius 2 is 0.500 bits per heavy atom. The first-order valence-electron chi connectivity index (χ1n) is 32.9. The predicted molar refractivity (Wildman–Crippen MR) is 339 cm³/mol. The minimum atomic E-state index is -0.800. The summed E-state index contributed by atoms with van der Waals surface area (Å²) < 4.78 is 16.9. The van der Waals surface area contributed by atoms with Gasteiger partial charge in [-0.1, -0.05) is 291 Å². The van der Waals surface area contributed by atoms with E-state index in [2.05, 4.69) is 130 Å². The lowest BCUT2D eigenvalue weighted by Gasteiger charge is -2.18. The lowest BCUT2D eigenvalue weighted by molar-refractivity contribution is -0.167. The van der Waals surface area contributed by atoms with Gasteiger partial charge in [-0.2, -0.15) is 0 Å². The van der Waals surface area contributed by atoms with Gasteiger partial charge in [-0.3, -0.25) is 14.4 Å². The molecule has 0 aromatic rings. The van der Waals surface area contributed by atoms with E-state index in [9.17, 15) is 14.4 Å². The first-order chi connectivity index (χ1) is 38.5. The number of carbonyl (C=O) groups is 3. The van der Waals surface area contributed by atoms with Gasteiger partial charge in [0.05, 0.1) is 0 Å². The van der Waals surface area contributed by atoms with Gasteiger partial charge in [0, 0.05) is 19.3 Å². The normalized spacial score (nSPS) is 12.8. The van der Waals surface area contributed by atoms with Crippen LogP contribution in [0.25, 0.3) is 0 Å². The van der Waals surface area contributed by atoms with Crippen molar-refractivity contribution < 1.29 is 28.6 Å². The van der Waals surface area contributed by atoms with Crippen LogP contribution in [0.1, 0.15) is 310 Å². The molecule has 1 unspecified atom stereocenters. The molecule has 0 aliphatic rings. The number of esters is 3. The standard InChI is InChI=1S/C72H122O6/c1-4-7-10-13-16-19-22-25-28-31-33-34-35-36-37-38-40-41-44-47-50-53-56-59-62-65-71(74)77-68-69(67-76-70(73)64-61-58-55-52-49-46-43-30-27-24-21-18-15-12-9-6-3)78-72(75)66-63-60-57-54-51-48-45-42-39-32-29-26-23-20-17-14-11-8-5-2/h7,10,16,19,21,24-25,28,30,33-34,36-37,40-41,43,47,50,69H,4-6,8-9,11-15,17-18,20,22-23,26-27,29,31-32,35,38-39,42,44-46,48-49,51-68H2,1-3H3/b10-7-,19-16-,24-21-,28-25-,34-33-,37-36-,41-40-,43-30-,50-47-. The van der Waals surface area contributed by atoms with Crippen LogP contribution in [-0.2, 0) is 28.6 Å². The van der Waals surface area contributed by atoms with E-state index in [0.29, 0.717) is 19.3 Å². The molecule has 0 N–H and O–H groups in total. The van der Waals surface area contributed by atoms with E-state index in [0.717, 1.165) is 135 Å². The average Bonchev–Trinajstić information content (AvgIpc) is 3.44. The molecule has 78 heavy (non-hydrogen) atoms. The highest BCUT2D eigenvalue weighted by Crippen LogP contribution is 2.16. The Labute approximate surface area is 482 Å². The minimum absolute atomic E-state index is 0.0949. The molecule has 0 aromatic heterocycles. The van der Waals surface area contributed by atoms with Crippen LogP contribution in [0.3, 0.4) is 0 Å². The Morgan fingerprint density at radius 1 is 0.269 bits per heavy atom. The van der Waals surface area contributed by atoms with Gasteiger partial charge in [0.2, 0.25) is 0 Å². The fourth-order valence-corrected chi connectivity index (χ4v) is 9.10. The van der Waals surface area contributed by atoms with Crippen LogP contribution in [0.5, 0.6) is 0 Å². The molecule has 0 aromatic carbocycles. The first kappa shape index (κ1) is 74.1. The van der Waals surface area contributed by atoms with Crippen molar-refractivity contribution >= 4 is 17.9 Å². The molecule has 0 spiro atoms. The van der Waals surface area contributed by atoms with E-state index in [-0.39, 0.29) is 31.1 Å². The van der Waals surface area contributed by atoms with E-state index >= 15 is 0 Å². The number of carbonyl (C=O) groups excluding carboxylic acids is 3. The first-order valence-corrected chi connectivity index (χ1v) is 32.9. The lowest BCUT2D eigenvalue weighted by atomic mass is 10.0. The number of rotatable bonds is 59. The van der Waals surface area contributed by atoms with Crippen molar-refractivity contribution in [1.29, 1.82) is 0 Å². The Balaban J connectivity index is 4.45. The van der Waals surface area contributed by atoms with Gasteiger partial charge in [0.1, 0.15) is 13.2 Å². The summed E-state index contributed by atoms with van der Waals surface area (Å²) >= 11 is 0. The van der Waals surface area contributed by atoms with Gasteiger partial charge in [-0.25, -0.2) is 0 Å². The van der Waals surface area contributed by atoms with Crippen molar-refractivity contribution in [3.05, 3.63) is 109 Å². The van der Waals surface area contributed by atoms with Crippen LogP contribution in [0.4, 0.5) is 0 Å². The molecule has 0 saturated heterocycles. The molecule has 0 aliphatic carbocycles. The van der Waals surface area contributed by atoms with Crippen molar-refractivity contribution in [2.24, 2.45) is 0 Å². The summed E-state index contributed by atoms with van der Waals surface area (Å²) in [4.78, 5) is 38.4. The summed E-state index contributed by atoms with van der Waals surface area (Å²) in [5, 5.41) is 0. The fraction of sp³-hybridized carbons (Fsp3) is 0.708. The number of ether oxygens (including phenoxy) is 3. The SMILES string of the molecule is CC/C=C\C/C=C\C/C=C\C/C=C\C/C=C\C/C=C\C/C=C\CCCCCC(=O)OCC(COC(=O)CCCCCCC/C=C\C/C=C\CCCCCC)OC(=O)CCCCCCCCCCCCCCCCCCCCC. The summed E-state index contributed by atoms with van der Waals surface area (Å²) in [5.74, 6) is -0.930. The molecular weight excluding hydrogens is 961 g/mol. The van der Waals surface area contributed by atoms with E-state index < -0.39 is 6.10 Å². The minimum Gasteiger partial charge on any atom is -0.462 e. The number of hydrogen-bond donors (Lipinski definition) is 0. The van der Waals surface area contributed by atoms with Crippen LogP contribution in [0, 0.1) is 0 Å². The third-order valence-corrected chi connectivity index (χ3v) is 14.0. The molecule has 0 heterocycles. The molecule has 0 rings (SSSR count). The zero-order valence-corrected chi connectivity index (χ0v) is 51.2. The summed E-state index contributed by atoms with van der Waals surface area (Å²) in [6.45, 7) is 6.50. The molecule has 0 bridgehead atoms. The predicted octanol–water partition coefficient (Wildman–Crippen LogP) is 22.6. The molecular formula is C72H122O6. The highest BCUT2D eigenvalue weighted by atomic mass is 16.6. The molecule has 0 radical (unpaired) electrons. The Morgan fingerprint density at radius 3 is 0.808 bits per heavy atom. The summed E-state index contributed by atoms with van der Waals surface area (Å²) in [6, 6.07) is 0. The number of unbranched alkanes of at least 4 members (excludes halogenated alkanes) is 30. The van der Waals surface area contributed by atoms with Gasteiger partial charge >= 0.3 is 17.9 Å². The van der Waals surface area contributed by atoms with Gasteiger partial charge in [-0.15, -0.1) is 0 Å². The van der Waals surface area contributed by atoms with Crippen molar-refractivity contribution in [2.45, 2.75) is 316 Å². The molecule has 0 fully saturated rings.